The number of hydrogen-bond acceptors (Lipinski definition) is 7. The van der Waals surface area contributed by atoms with Gasteiger partial charge < -0.3 is 19.3 Å². The highest BCUT2D eigenvalue weighted by Crippen LogP contribution is 2.30. The molecule has 1 aromatic carbocycles. The summed E-state index contributed by atoms with van der Waals surface area (Å²) in [5, 5.41) is 1.75. The Hall–Kier alpha value is -3.01. The summed E-state index contributed by atoms with van der Waals surface area (Å²) in [6.07, 6.45) is 5.66. The van der Waals surface area contributed by atoms with Gasteiger partial charge in [-0.05, 0) is 64.3 Å². The number of nitrogens with zero attached hydrogens (tertiary/aromatic N) is 4. The number of carbonyl (C=O) groups excluding carboxylic acids is 3. The second-order valence-electron chi connectivity index (χ2n) is 11.2. The van der Waals surface area contributed by atoms with Gasteiger partial charge >= 0.3 is 12.0 Å². The van der Waals surface area contributed by atoms with Gasteiger partial charge in [-0.2, -0.15) is 0 Å². The molecule has 0 atom stereocenters. The summed E-state index contributed by atoms with van der Waals surface area (Å²) < 4.78 is 11.5. The van der Waals surface area contributed by atoms with Crippen LogP contribution in [0.15, 0.2) is 18.2 Å². The van der Waals surface area contributed by atoms with E-state index in [4.69, 9.17) is 9.47 Å². The molecule has 1 N–H and O–H groups in total. The van der Waals surface area contributed by atoms with Crippen molar-refractivity contribution in [3.8, 4) is 5.75 Å². The Kier molecular flexibility index (Phi) is 12.8. The van der Waals surface area contributed by atoms with Crippen molar-refractivity contribution in [2.75, 3.05) is 52.0 Å². The first-order chi connectivity index (χ1) is 18.4. The minimum atomic E-state index is -0.575. The van der Waals surface area contributed by atoms with Crippen molar-refractivity contribution in [1.29, 1.82) is 0 Å². The smallest absolute Gasteiger partial charge is 0.335 e. The summed E-state index contributed by atoms with van der Waals surface area (Å²) in [7, 11) is 3.59. The zero-order valence-electron chi connectivity index (χ0n) is 25.0. The molecule has 1 aliphatic rings. The number of amides is 3. The molecule has 0 bridgehead atoms. The van der Waals surface area contributed by atoms with Crippen LogP contribution in [-0.4, -0.2) is 85.2 Å². The van der Waals surface area contributed by atoms with Crippen molar-refractivity contribution < 1.29 is 23.9 Å². The number of unbranched alkanes of at least 4 members (excludes halogenated alkanes) is 3. The molecule has 0 unspecified atom stereocenters. The van der Waals surface area contributed by atoms with Crippen LogP contribution in [0.25, 0.3) is 0 Å². The SMILES string of the molecule is CCCCCCN(C)C(=O)CCCOc1ccc2c(c1)CN(CC(=O)OC(C)(C)C)CN2NC(=O)N(C)CC. The fourth-order valence-corrected chi connectivity index (χ4v) is 4.22. The van der Waals surface area contributed by atoms with Crippen LogP contribution in [0.1, 0.15) is 78.7 Å². The van der Waals surface area contributed by atoms with Gasteiger partial charge in [-0.15, -0.1) is 0 Å². The Morgan fingerprint density at radius 3 is 2.44 bits per heavy atom. The number of urea groups is 1. The van der Waals surface area contributed by atoms with E-state index in [1.165, 1.54) is 12.8 Å². The minimum Gasteiger partial charge on any atom is -0.494 e. The molecule has 0 aliphatic carbocycles. The Bertz CT molecular complexity index is 948. The second kappa shape index (κ2) is 15.5. The van der Waals surface area contributed by atoms with E-state index < -0.39 is 5.60 Å². The number of benzene rings is 1. The fourth-order valence-electron chi connectivity index (χ4n) is 4.22. The number of hydrazine groups is 1. The number of carbonyl (C=O) groups is 3. The number of esters is 1. The molecular weight excluding hydrogens is 498 g/mol. The monoisotopic (exact) mass is 547 g/mol. The summed E-state index contributed by atoms with van der Waals surface area (Å²) in [4.78, 5) is 42.8. The molecule has 2 rings (SSSR count). The lowest BCUT2D eigenvalue weighted by molar-refractivity contribution is -0.156. The van der Waals surface area contributed by atoms with E-state index in [9.17, 15) is 14.4 Å². The molecule has 0 saturated heterocycles. The van der Waals surface area contributed by atoms with Crippen LogP contribution >= 0.6 is 0 Å². The average molecular weight is 548 g/mol. The highest BCUT2D eigenvalue weighted by Gasteiger charge is 2.28. The number of rotatable bonds is 14. The quantitative estimate of drug-likeness (QED) is 0.273. The van der Waals surface area contributed by atoms with Gasteiger partial charge in [-0.1, -0.05) is 26.2 Å². The minimum absolute atomic E-state index is 0.0891. The summed E-state index contributed by atoms with van der Waals surface area (Å²) >= 11 is 0. The number of ether oxygens (including phenoxy) is 2. The van der Waals surface area contributed by atoms with Crippen LogP contribution in [-0.2, 0) is 20.9 Å². The zero-order chi connectivity index (χ0) is 29.0. The third-order valence-electron chi connectivity index (χ3n) is 6.48. The Balaban J connectivity index is 2.00. The zero-order valence-corrected chi connectivity index (χ0v) is 25.0. The molecule has 0 saturated carbocycles. The maximum Gasteiger partial charge on any atom is 0.335 e. The number of anilines is 1. The molecule has 0 fully saturated rings. The van der Waals surface area contributed by atoms with E-state index in [0.29, 0.717) is 45.0 Å². The second-order valence-corrected chi connectivity index (χ2v) is 11.2. The molecule has 1 aliphatic heterocycles. The molecule has 1 heterocycles. The maximum atomic E-state index is 12.6. The van der Waals surface area contributed by atoms with E-state index >= 15 is 0 Å². The Labute approximate surface area is 234 Å². The standard InChI is InChI=1S/C29H49N5O5/c1-8-10-11-12-17-32(7)26(35)14-13-18-38-24-15-16-25-23(19-24)20-33(21-27(36)39-29(3,4)5)22-34(25)30-28(37)31(6)9-2/h15-16,19H,8-14,17-18,20-22H2,1-7H3,(H,30,37). The van der Waals surface area contributed by atoms with Gasteiger partial charge in [0.05, 0.1) is 25.5 Å². The van der Waals surface area contributed by atoms with Crippen molar-refractivity contribution in [3.63, 3.8) is 0 Å². The van der Waals surface area contributed by atoms with Gasteiger partial charge in [0, 0.05) is 40.2 Å². The third kappa shape index (κ3) is 11.3. The van der Waals surface area contributed by atoms with Crippen molar-refractivity contribution in [2.24, 2.45) is 0 Å². The van der Waals surface area contributed by atoms with Gasteiger partial charge in [-0.3, -0.25) is 19.5 Å². The lowest BCUT2D eigenvalue weighted by Gasteiger charge is -2.38. The summed E-state index contributed by atoms with van der Waals surface area (Å²) in [5.74, 6) is 0.502. The normalized spacial score (nSPS) is 13.5. The van der Waals surface area contributed by atoms with E-state index in [-0.39, 0.29) is 24.5 Å². The van der Waals surface area contributed by atoms with Crippen molar-refractivity contribution in [1.82, 2.24) is 20.1 Å². The van der Waals surface area contributed by atoms with Gasteiger partial charge in [-0.25, -0.2) is 10.2 Å². The van der Waals surface area contributed by atoms with E-state index in [1.807, 2.05) is 62.7 Å². The first-order valence-corrected chi connectivity index (χ1v) is 14.2. The largest absolute Gasteiger partial charge is 0.494 e. The van der Waals surface area contributed by atoms with Crippen LogP contribution in [0.4, 0.5) is 10.5 Å². The highest BCUT2D eigenvalue weighted by atomic mass is 16.6. The number of hydrogen-bond donors (Lipinski definition) is 1. The molecule has 0 radical (unpaired) electrons. The topological polar surface area (TPSA) is 94.7 Å². The Morgan fingerprint density at radius 1 is 1.03 bits per heavy atom. The summed E-state index contributed by atoms with van der Waals surface area (Å²) in [5.41, 5.74) is 4.13. The van der Waals surface area contributed by atoms with Crippen molar-refractivity contribution >= 4 is 23.6 Å². The summed E-state index contributed by atoms with van der Waals surface area (Å²) in [6.45, 7) is 12.3. The van der Waals surface area contributed by atoms with Gasteiger partial charge in [0.1, 0.15) is 11.4 Å². The molecule has 10 nitrogen and oxygen atoms in total. The lowest BCUT2D eigenvalue weighted by atomic mass is 10.1. The van der Waals surface area contributed by atoms with Gasteiger partial charge in [0.2, 0.25) is 5.91 Å². The predicted molar refractivity (Wildman–Crippen MR) is 153 cm³/mol. The van der Waals surface area contributed by atoms with Gasteiger partial charge in [0.15, 0.2) is 0 Å². The predicted octanol–water partition coefficient (Wildman–Crippen LogP) is 4.38. The van der Waals surface area contributed by atoms with Crippen LogP contribution in [0.2, 0.25) is 0 Å². The summed E-state index contributed by atoms with van der Waals surface area (Å²) in [6, 6.07) is 5.48. The maximum absolute atomic E-state index is 12.6. The third-order valence-corrected chi connectivity index (χ3v) is 6.48. The van der Waals surface area contributed by atoms with Crippen LogP contribution in [0.5, 0.6) is 5.75 Å². The molecule has 0 aromatic heterocycles. The highest BCUT2D eigenvalue weighted by molar-refractivity contribution is 5.77. The number of fused-ring (bicyclic) bond motifs is 1. The molecule has 3 amide bonds. The first-order valence-electron chi connectivity index (χ1n) is 14.2. The fraction of sp³-hybridized carbons (Fsp3) is 0.690. The van der Waals surface area contributed by atoms with Crippen molar-refractivity contribution in [2.45, 2.75) is 85.3 Å². The van der Waals surface area contributed by atoms with E-state index in [2.05, 4.69) is 12.3 Å². The van der Waals surface area contributed by atoms with Crippen LogP contribution in [0, 0.1) is 0 Å². The molecule has 10 heteroatoms. The van der Waals surface area contributed by atoms with Gasteiger partial charge in [0.25, 0.3) is 0 Å². The average Bonchev–Trinajstić information content (AvgIpc) is 2.86. The molecule has 220 valence electrons. The van der Waals surface area contributed by atoms with Crippen molar-refractivity contribution in [3.05, 3.63) is 23.8 Å². The number of nitrogens with one attached hydrogen (secondary N) is 1. The lowest BCUT2D eigenvalue weighted by Crippen LogP contribution is -2.55. The molecule has 0 spiro atoms. The first kappa shape index (κ1) is 32.2. The van der Waals surface area contributed by atoms with Crippen LogP contribution in [0.3, 0.4) is 0 Å². The molecular formula is C29H49N5O5. The molecule has 1 aromatic rings. The van der Waals surface area contributed by atoms with Crippen LogP contribution < -0.4 is 15.2 Å². The molecule has 39 heavy (non-hydrogen) atoms. The Morgan fingerprint density at radius 2 is 1.77 bits per heavy atom. The van der Waals surface area contributed by atoms with E-state index in [0.717, 1.165) is 30.6 Å². The van der Waals surface area contributed by atoms with E-state index in [1.54, 1.807) is 17.0 Å².